The van der Waals surface area contributed by atoms with Crippen LogP contribution in [-0.2, 0) is 18.4 Å². The van der Waals surface area contributed by atoms with Crippen molar-refractivity contribution in [1.82, 2.24) is 19.7 Å². The fourth-order valence-electron chi connectivity index (χ4n) is 1.85. The molecule has 0 atom stereocenters. The summed E-state index contributed by atoms with van der Waals surface area (Å²) in [6.45, 7) is 3.59. The first-order chi connectivity index (χ1) is 7.01. The lowest BCUT2D eigenvalue weighted by Gasteiger charge is -2.44. The molecule has 0 radical (unpaired) electrons. The number of carbonyl (C=O) groups is 1. The average molecular weight is 210 g/mol. The molecule has 6 nitrogen and oxygen atoms in total. The summed E-state index contributed by atoms with van der Waals surface area (Å²) in [5.74, 6) is 0.138. The SMILES string of the molecule is Cn1ncnc1CN1CC(C)(C(=O)O)C1. The highest BCUT2D eigenvalue weighted by atomic mass is 16.4. The van der Waals surface area contributed by atoms with Gasteiger partial charge in [0.25, 0.3) is 0 Å². The number of likely N-dealkylation sites (tertiary alicyclic amines) is 1. The van der Waals surface area contributed by atoms with Crippen molar-refractivity contribution >= 4 is 5.97 Å². The lowest BCUT2D eigenvalue weighted by Crippen LogP contribution is -2.58. The molecule has 2 heterocycles. The van der Waals surface area contributed by atoms with E-state index in [2.05, 4.69) is 15.0 Å². The van der Waals surface area contributed by atoms with E-state index in [4.69, 9.17) is 5.11 Å². The summed E-state index contributed by atoms with van der Waals surface area (Å²) in [4.78, 5) is 17.0. The van der Waals surface area contributed by atoms with Crippen molar-refractivity contribution < 1.29 is 9.90 Å². The summed E-state index contributed by atoms with van der Waals surface area (Å²) in [6, 6.07) is 0. The van der Waals surface area contributed by atoms with Gasteiger partial charge in [0.05, 0.1) is 12.0 Å². The average Bonchev–Trinajstić information content (AvgIpc) is 2.48. The van der Waals surface area contributed by atoms with Crippen molar-refractivity contribution in [2.45, 2.75) is 13.5 Å². The van der Waals surface area contributed by atoms with Crippen LogP contribution in [0.2, 0.25) is 0 Å². The molecule has 1 fully saturated rings. The quantitative estimate of drug-likeness (QED) is 0.743. The third-order valence-corrected chi connectivity index (χ3v) is 2.83. The molecule has 0 bridgehead atoms. The van der Waals surface area contributed by atoms with Crippen LogP contribution < -0.4 is 0 Å². The number of aliphatic carboxylic acids is 1. The van der Waals surface area contributed by atoms with Gasteiger partial charge in [-0.3, -0.25) is 14.4 Å². The lowest BCUT2D eigenvalue weighted by atomic mass is 9.82. The van der Waals surface area contributed by atoms with Crippen molar-refractivity contribution in [1.29, 1.82) is 0 Å². The van der Waals surface area contributed by atoms with Gasteiger partial charge in [0.15, 0.2) is 0 Å². The number of aryl methyl sites for hydroxylation is 1. The molecular formula is C9H14N4O2. The molecule has 82 valence electrons. The number of hydrogen-bond acceptors (Lipinski definition) is 4. The molecular weight excluding hydrogens is 196 g/mol. The van der Waals surface area contributed by atoms with Crippen molar-refractivity contribution in [3.8, 4) is 0 Å². The van der Waals surface area contributed by atoms with Gasteiger partial charge in [-0.15, -0.1) is 0 Å². The van der Waals surface area contributed by atoms with Crippen molar-refractivity contribution in [3.05, 3.63) is 12.2 Å². The first kappa shape index (κ1) is 10.1. The van der Waals surface area contributed by atoms with Crippen LogP contribution in [0.5, 0.6) is 0 Å². The Hall–Kier alpha value is -1.43. The van der Waals surface area contributed by atoms with E-state index in [1.807, 2.05) is 7.05 Å². The molecule has 0 aliphatic carbocycles. The van der Waals surface area contributed by atoms with E-state index in [0.29, 0.717) is 19.6 Å². The summed E-state index contributed by atoms with van der Waals surface area (Å²) >= 11 is 0. The Labute approximate surface area is 87.5 Å². The summed E-state index contributed by atoms with van der Waals surface area (Å²) < 4.78 is 1.70. The number of carboxylic acids is 1. The standard InChI is InChI=1S/C9H14N4O2/c1-9(8(14)15)4-13(5-9)3-7-10-6-11-12(7)2/h6H,3-5H2,1-2H3,(H,14,15). The van der Waals surface area contributed by atoms with Crippen LogP contribution in [0.3, 0.4) is 0 Å². The predicted molar refractivity (Wildman–Crippen MR) is 52.0 cm³/mol. The fourth-order valence-corrected chi connectivity index (χ4v) is 1.85. The second-order valence-corrected chi connectivity index (χ2v) is 4.31. The maximum atomic E-state index is 10.9. The van der Waals surface area contributed by atoms with Crippen LogP contribution in [0.25, 0.3) is 0 Å². The molecule has 15 heavy (non-hydrogen) atoms. The summed E-state index contributed by atoms with van der Waals surface area (Å²) in [5.41, 5.74) is -0.585. The molecule has 1 saturated heterocycles. The molecule has 1 aliphatic heterocycles. The fraction of sp³-hybridized carbons (Fsp3) is 0.667. The van der Waals surface area contributed by atoms with Crippen LogP contribution in [0.4, 0.5) is 0 Å². The van der Waals surface area contributed by atoms with E-state index in [1.54, 1.807) is 11.6 Å². The van der Waals surface area contributed by atoms with Crippen LogP contribution in [0.1, 0.15) is 12.7 Å². The predicted octanol–water partition coefficient (Wildman–Crippen LogP) is -0.278. The third-order valence-electron chi connectivity index (χ3n) is 2.83. The molecule has 1 aromatic heterocycles. The Bertz CT molecular complexity index is 381. The summed E-state index contributed by atoms with van der Waals surface area (Å²) in [7, 11) is 1.83. The number of nitrogens with zero attached hydrogens (tertiary/aromatic N) is 4. The van der Waals surface area contributed by atoms with Crippen LogP contribution >= 0.6 is 0 Å². The highest BCUT2D eigenvalue weighted by Gasteiger charge is 2.45. The van der Waals surface area contributed by atoms with Crippen LogP contribution in [0.15, 0.2) is 6.33 Å². The highest BCUT2D eigenvalue weighted by Crippen LogP contribution is 2.30. The van der Waals surface area contributed by atoms with Crippen molar-refractivity contribution in [2.24, 2.45) is 12.5 Å². The second kappa shape index (κ2) is 3.30. The molecule has 6 heteroatoms. The first-order valence-electron chi connectivity index (χ1n) is 4.80. The van der Waals surface area contributed by atoms with Gasteiger partial charge in [-0.25, -0.2) is 4.98 Å². The maximum absolute atomic E-state index is 10.9. The van der Waals surface area contributed by atoms with Crippen LogP contribution in [0, 0.1) is 5.41 Å². The Morgan fingerprint density at radius 2 is 2.33 bits per heavy atom. The van der Waals surface area contributed by atoms with Crippen molar-refractivity contribution in [2.75, 3.05) is 13.1 Å². The molecule has 0 spiro atoms. The highest BCUT2D eigenvalue weighted by molar-refractivity contribution is 5.76. The van der Waals surface area contributed by atoms with Crippen LogP contribution in [-0.4, -0.2) is 43.8 Å². The minimum absolute atomic E-state index is 0.579. The molecule has 2 rings (SSSR count). The molecule has 1 aromatic rings. The molecule has 1 aliphatic rings. The number of hydrogen-bond donors (Lipinski definition) is 1. The van der Waals surface area contributed by atoms with Gasteiger partial charge >= 0.3 is 5.97 Å². The zero-order valence-electron chi connectivity index (χ0n) is 8.84. The minimum atomic E-state index is -0.725. The second-order valence-electron chi connectivity index (χ2n) is 4.31. The first-order valence-corrected chi connectivity index (χ1v) is 4.80. The van der Waals surface area contributed by atoms with E-state index in [9.17, 15) is 4.79 Å². The zero-order valence-corrected chi connectivity index (χ0v) is 8.84. The van der Waals surface area contributed by atoms with Gasteiger partial charge in [0.1, 0.15) is 12.2 Å². The van der Waals surface area contributed by atoms with Gasteiger partial charge in [-0.1, -0.05) is 0 Å². The Balaban J connectivity index is 1.92. The minimum Gasteiger partial charge on any atom is -0.481 e. The van der Waals surface area contributed by atoms with E-state index in [1.165, 1.54) is 6.33 Å². The van der Waals surface area contributed by atoms with Gasteiger partial charge in [-0.2, -0.15) is 5.10 Å². The lowest BCUT2D eigenvalue weighted by molar-refractivity contribution is -0.159. The van der Waals surface area contributed by atoms with Gasteiger partial charge in [-0.05, 0) is 6.92 Å². The Kier molecular flexibility index (Phi) is 2.22. The largest absolute Gasteiger partial charge is 0.481 e. The molecule has 0 aromatic carbocycles. The number of carboxylic acid groups (broad SMARTS) is 1. The normalized spacial score (nSPS) is 19.9. The van der Waals surface area contributed by atoms with Gasteiger partial charge in [0, 0.05) is 20.1 Å². The number of aromatic nitrogens is 3. The Morgan fingerprint density at radius 3 is 2.80 bits per heavy atom. The smallest absolute Gasteiger partial charge is 0.311 e. The maximum Gasteiger partial charge on any atom is 0.311 e. The van der Waals surface area contributed by atoms with Gasteiger partial charge in [0.2, 0.25) is 0 Å². The molecule has 0 amide bonds. The molecule has 0 unspecified atom stereocenters. The van der Waals surface area contributed by atoms with E-state index in [-0.39, 0.29) is 0 Å². The topological polar surface area (TPSA) is 71.2 Å². The summed E-state index contributed by atoms with van der Waals surface area (Å²) in [5, 5.41) is 12.9. The monoisotopic (exact) mass is 210 g/mol. The van der Waals surface area contributed by atoms with E-state index in [0.717, 1.165) is 5.82 Å². The Morgan fingerprint density at radius 1 is 1.67 bits per heavy atom. The van der Waals surface area contributed by atoms with Crippen molar-refractivity contribution in [3.63, 3.8) is 0 Å². The third kappa shape index (κ3) is 1.72. The van der Waals surface area contributed by atoms with Gasteiger partial charge < -0.3 is 5.11 Å². The van der Waals surface area contributed by atoms with E-state index >= 15 is 0 Å². The summed E-state index contributed by atoms with van der Waals surface area (Å²) in [6.07, 6.45) is 1.51. The number of rotatable bonds is 3. The van der Waals surface area contributed by atoms with E-state index < -0.39 is 11.4 Å². The molecule has 1 N–H and O–H groups in total. The molecule has 0 saturated carbocycles. The zero-order chi connectivity index (χ0) is 11.1.